The van der Waals surface area contributed by atoms with Crippen LogP contribution in [0, 0.1) is 5.92 Å². The number of hydrogen-bond donors (Lipinski definition) is 1. The minimum absolute atomic E-state index is 0.0104. The number of nitrogens with one attached hydrogen (secondary N) is 1. The van der Waals surface area contributed by atoms with E-state index < -0.39 is 41.3 Å². The number of esters is 2. The van der Waals surface area contributed by atoms with Gasteiger partial charge in [0, 0.05) is 23.4 Å². The van der Waals surface area contributed by atoms with Crippen molar-refractivity contribution < 1.29 is 37.0 Å². The van der Waals surface area contributed by atoms with Crippen molar-refractivity contribution in [3.63, 3.8) is 0 Å². The van der Waals surface area contributed by atoms with Crippen LogP contribution < -0.4 is 5.32 Å². The molecule has 0 saturated heterocycles. The van der Waals surface area contributed by atoms with E-state index in [1.54, 1.807) is 13.8 Å². The van der Waals surface area contributed by atoms with Crippen LogP contribution in [-0.4, -0.2) is 30.9 Å². The zero-order chi connectivity index (χ0) is 23.3. The van der Waals surface area contributed by atoms with Crippen LogP contribution in [0.1, 0.15) is 44.7 Å². The molecule has 1 aromatic rings. The number of alkyl halides is 3. The summed E-state index contributed by atoms with van der Waals surface area (Å²) >= 11 is 0. The molecule has 1 aliphatic rings. The van der Waals surface area contributed by atoms with Crippen LogP contribution >= 0.6 is 0 Å². The molecule has 1 aromatic carbocycles. The van der Waals surface area contributed by atoms with Gasteiger partial charge in [0.2, 0.25) is 0 Å². The Morgan fingerprint density at radius 2 is 1.71 bits per heavy atom. The number of hydrogen-bond acceptors (Lipinski definition) is 6. The summed E-state index contributed by atoms with van der Waals surface area (Å²) in [5, 5.41) is 2.82. The van der Waals surface area contributed by atoms with Crippen molar-refractivity contribution in [2.45, 2.75) is 39.8 Å². The monoisotopic (exact) mass is 439 g/mol. The number of halogens is 3. The van der Waals surface area contributed by atoms with Gasteiger partial charge >= 0.3 is 18.1 Å². The molecule has 1 N–H and O–H groups in total. The molecule has 9 heteroatoms. The fourth-order valence-corrected chi connectivity index (χ4v) is 3.63. The Kier molecular flexibility index (Phi) is 7.65. The highest BCUT2D eigenvalue weighted by molar-refractivity contribution is 5.96. The van der Waals surface area contributed by atoms with Gasteiger partial charge in [0.25, 0.3) is 0 Å². The summed E-state index contributed by atoms with van der Waals surface area (Å²) in [6.07, 6.45) is -3.62. The smallest absolute Gasteiger partial charge is 0.416 e. The Morgan fingerprint density at radius 1 is 1.10 bits per heavy atom. The summed E-state index contributed by atoms with van der Waals surface area (Å²) in [5.74, 6) is -4.89. The van der Waals surface area contributed by atoms with E-state index in [4.69, 9.17) is 9.47 Å². The van der Waals surface area contributed by atoms with Gasteiger partial charge in [-0.1, -0.05) is 18.2 Å². The van der Waals surface area contributed by atoms with Crippen LogP contribution in [0.5, 0.6) is 0 Å². The summed E-state index contributed by atoms with van der Waals surface area (Å²) < 4.78 is 51.7. The van der Waals surface area contributed by atoms with Crippen LogP contribution in [0.15, 0.2) is 47.3 Å². The fraction of sp³-hybridized carbons (Fsp3) is 0.409. The van der Waals surface area contributed by atoms with Crippen LogP contribution in [0.4, 0.5) is 13.2 Å². The maximum Gasteiger partial charge on any atom is 0.416 e. The molecule has 2 atom stereocenters. The molecule has 2 rings (SSSR count). The second-order valence-corrected chi connectivity index (χ2v) is 6.89. The SMILES string of the molecule is CCOC(=O)C1=C(C)N/C(=C\C(C)=O)[C@@H](C(=O)OCC)[C@@H]1c1ccccc1C(F)(F)F. The van der Waals surface area contributed by atoms with Crippen molar-refractivity contribution in [3.8, 4) is 0 Å². The molecule has 1 heterocycles. The maximum atomic E-state index is 13.8. The van der Waals surface area contributed by atoms with E-state index in [1.165, 1.54) is 32.0 Å². The average Bonchev–Trinajstić information content (AvgIpc) is 2.66. The highest BCUT2D eigenvalue weighted by Gasteiger charge is 2.47. The number of benzene rings is 1. The molecular formula is C22H24F3NO5. The third-order valence-corrected chi connectivity index (χ3v) is 4.71. The van der Waals surface area contributed by atoms with Gasteiger partial charge in [-0.3, -0.25) is 9.59 Å². The van der Waals surface area contributed by atoms with Crippen LogP contribution in [0.2, 0.25) is 0 Å². The third kappa shape index (κ3) is 5.34. The minimum Gasteiger partial charge on any atom is -0.465 e. The molecule has 31 heavy (non-hydrogen) atoms. The first-order valence-electron chi connectivity index (χ1n) is 9.72. The third-order valence-electron chi connectivity index (χ3n) is 4.71. The topological polar surface area (TPSA) is 81.7 Å². The van der Waals surface area contributed by atoms with E-state index in [0.29, 0.717) is 0 Å². The normalized spacial score (nSPS) is 20.3. The molecule has 0 bridgehead atoms. The predicted octanol–water partition coefficient (Wildman–Crippen LogP) is 3.88. The molecule has 0 amide bonds. The largest absolute Gasteiger partial charge is 0.465 e. The van der Waals surface area contributed by atoms with Crippen molar-refractivity contribution in [3.05, 3.63) is 58.4 Å². The summed E-state index contributed by atoms with van der Waals surface area (Å²) in [6.45, 7) is 5.79. The molecule has 0 radical (unpaired) electrons. The molecule has 0 spiro atoms. The summed E-state index contributed by atoms with van der Waals surface area (Å²) in [7, 11) is 0. The maximum absolute atomic E-state index is 13.8. The Balaban J connectivity index is 2.88. The first-order valence-corrected chi connectivity index (χ1v) is 9.72. The number of rotatable bonds is 6. The van der Waals surface area contributed by atoms with Gasteiger partial charge in [0.05, 0.1) is 24.4 Å². The Labute approximate surface area is 178 Å². The van der Waals surface area contributed by atoms with Crippen molar-refractivity contribution >= 4 is 17.7 Å². The highest BCUT2D eigenvalue weighted by atomic mass is 19.4. The number of ether oxygens (including phenoxy) is 2. The highest BCUT2D eigenvalue weighted by Crippen LogP contribution is 2.46. The van der Waals surface area contributed by atoms with Gasteiger partial charge in [-0.2, -0.15) is 13.2 Å². The molecule has 6 nitrogen and oxygen atoms in total. The number of carbonyl (C=O) groups excluding carboxylic acids is 3. The zero-order valence-corrected chi connectivity index (χ0v) is 17.6. The molecule has 0 aliphatic carbocycles. The van der Waals surface area contributed by atoms with Crippen molar-refractivity contribution in [2.24, 2.45) is 5.92 Å². The molecule has 168 valence electrons. The van der Waals surface area contributed by atoms with Crippen molar-refractivity contribution in [1.82, 2.24) is 5.32 Å². The lowest BCUT2D eigenvalue weighted by Crippen LogP contribution is -2.41. The lowest BCUT2D eigenvalue weighted by Gasteiger charge is -2.36. The van der Waals surface area contributed by atoms with Gasteiger partial charge in [0.1, 0.15) is 5.92 Å². The van der Waals surface area contributed by atoms with Gasteiger partial charge in [-0.25, -0.2) is 4.79 Å². The second kappa shape index (κ2) is 9.80. The molecule has 1 aliphatic heterocycles. The summed E-state index contributed by atoms with van der Waals surface area (Å²) in [6, 6.07) is 4.70. The summed E-state index contributed by atoms with van der Waals surface area (Å²) in [5.41, 5.74) is -1.16. The first kappa shape index (κ1) is 24.2. The summed E-state index contributed by atoms with van der Waals surface area (Å²) in [4.78, 5) is 37.4. The minimum atomic E-state index is -4.74. The molecule has 0 aromatic heterocycles. The quantitative estimate of drug-likeness (QED) is 0.535. The average molecular weight is 439 g/mol. The van der Waals surface area contributed by atoms with E-state index in [9.17, 15) is 27.6 Å². The van der Waals surface area contributed by atoms with Gasteiger partial charge < -0.3 is 14.8 Å². The van der Waals surface area contributed by atoms with E-state index in [-0.39, 0.29) is 35.7 Å². The standard InChI is InChI=1S/C22H24F3NO5/c1-5-30-20(28)17-13(4)26-16(11-12(3)27)19(21(29)31-6-2)18(17)14-9-7-8-10-15(14)22(23,24)25/h7-11,18-19,26H,5-6H2,1-4H3/b16-11-/t18-,19-/m1/s1. The zero-order valence-electron chi connectivity index (χ0n) is 17.6. The number of ketones is 1. The Hall–Kier alpha value is -3.10. The lowest BCUT2D eigenvalue weighted by atomic mass is 9.73. The van der Waals surface area contributed by atoms with Crippen LogP contribution in [-0.2, 0) is 30.0 Å². The van der Waals surface area contributed by atoms with Gasteiger partial charge in [-0.05, 0) is 39.3 Å². The van der Waals surface area contributed by atoms with E-state index >= 15 is 0 Å². The fourth-order valence-electron chi connectivity index (χ4n) is 3.63. The number of allylic oxidation sites excluding steroid dienone is 2. The van der Waals surface area contributed by atoms with Crippen molar-refractivity contribution in [1.29, 1.82) is 0 Å². The molecule has 0 saturated carbocycles. The van der Waals surface area contributed by atoms with Gasteiger partial charge in [0.15, 0.2) is 5.78 Å². The Morgan fingerprint density at radius 3 is 2.26 bits per heavy atom. The lowest BCUT2D eigenvalue weighted by molar-refractivity contribution is -0.149. The van der Waals surface area contributed by atoms with Crippen LogP contribution in [0.25, 0.3) is 0 Å². The second-order valence-electron chi connectivity index (χ2n) is 6.89. The van der Waals surface area contributed by atoms with E-state index in [0.717, 1.165) is 12.1 Å². The van der Waals surface area contributed by atoms with E-state index in [1.807, 2.05) is 0 Å². The van der Waals surface area contributed by atoms with E-state index in [2.05, 4.69) is 5.32 Å². The number of carbonyl (C=O) groups is 3. The Bertz CT molecular complexity index is 933. The first-order chi connectivity index (χ1) is 14.5. The van der Waals surface area contributed by atoms with Gasteiger partial charge in [-0.15, -0.1) is 0 Å². The molecule has 0 unspecified atom stereocenters. The molecular weight excluding hydrogens is 415 g/mol. The van der Waals surface area contributed by atoms with Crippen LogP contribution in [0.3, 0.4) is 0 Å². The van der Waals surface area contributed by atoms with Crippen molar-refractivity contribution in [2.75, 3.05) is 13.2 Å². The predicted molar refractivity (Wildman–Crippen MR) is 106 cm³/mol. The molecule has 0 fully saturated rings.